The zero-order chi connectivity index (χ0) is 15.8. The summed E-state index contributed by atoms with van der Waals surface area (Å²) in [6, 6.07) is 6.78. The Morgan fingerprint density at radius 2 is 2.05 bits per heavy atom. The van der Waals surface area contributed by atoms with Crippen molar-refractivity contribution in [2.75, 3.05) is 20.2 Å². The van der Waals surface area contributed by atoms with Gasteiger partial charge in [0, 0.05) is 20.5 Å². The Morgan fingerprint density at radius 3 is 2.67 bits per heavy atom. The Hall–Kier alpha value is -2.57. The lowest BCUT2D eigenvalue weighted by Crippen LogP contribution is -2.36. The van der Waals surface area contributed by atoms with Crippen molar-refractivity contribution in [1.29, 1.82) is 0 Å². The molecule has 0 atom stereocenters. The van der Waals surface area contributed by atoms with E-state index in [1.54, 1.807) is 31.3 Å². The summed E-state index contributed by atoms with van der Waals surface area (Å²) in [5.41, 5.74) is 0.775. The Morgan fingerprint density at radius 1 is 1.33 bits per heavy atom. The van der Waals surface area contributed by atoms with Gasteiger partial charge in [-0.15, -0.1) is 0 Å². The second-order valence-electron chi connectivity index (χ2n) is 4.48. The van der Waals surface area contributed by atoms with E-state index in [4.69, 9.17) is 9.84 Å². The molecule has 0 aliphatic carbocycles. The van der Waals surface area contributed by atoms with Crippen molar-refractivity contribution in [3.05, 3.63) is 29.8 Å². The van der Waals surface area contributed by atoms with Crippen molar-refractivity contribution in [2.24, 2.45) is 0 Å². The van der Waals surface area contributed by atoms with E-state index in [9.17, 15) is 14.4 Å². The molecule has 1 aromatic carbocycles. The standard InChI is InChI=1S/C14H18N2O5/c1-10(17)16(2)8-13(18)15-7-11-4-3-5-12(6-11)21-9-14(19)20/h3-6H,7-9H2,1-2H3,(H,15,18)(H,19,20). The molecule has 2 N–H and O–H groups in total. The van der Waals surface area contributed by atoms with E-state index in [1.807, 2.05) is 0 Å². The quantitative estimate of drug-likeness (QED) is 0.751. The Bertz CT molecular complexity index is 530. The van der Waals surface area contributed by atoms with Crippen LogP contribution in [0.25, 0.3) is 0 Å². The first-order valence-corrected chi connectivity index (χ1v) is 6.30. The molecule has 0 saturated heterocycles. The third-order valence-corrected chi connectivity index (χ3v) is 2.67. The number of carboxylic acids is 1. The topological polar surface area (TPSA) is 95.9 Å². The number of likely N-dealkylation sites (N-methyl/N-ethyl adjacent to an activating group) is 1. The number of hydrogen-bond donors (Lipinski definition) is 2. The minimum absolute atomic E-state index is 0.00939. The predicted octanol–water partition coefficient (Wildman–Crippen LogP) is 0.244. The minimum atomic E-state index is -1.05. The molecule has 114 valence electrons. The normalized spacial score (nSPS) is 9.81. The molecule has 0 spiro atoms. The summed E-state index contributed by atoms with van der Waals surface area (Å²) in [6.45, 7) is 1.23. The molecule has 0 aliphatic heterocycles. The van der Waals surface area contributed by atoms with Gasteiger partial charge in [-0.3, -0.25) is 9.59 Å². The maximum absolute atomic E-state index is 11.6. The average molecular weight is 294 g/mol. The van der Waals surface area contributed by atoms with E-state index in [0.717, 1.165) is 5.56 Å². The van der Waals surface area contributed by atoms with Crippen LogP contribution >= 0.6 is 0 Å². The van der Waals surface area contributed by atoms with E-state index >= 15 is 0 Å². The van der Waals surface area contributed by atoms with Crippen molar-refractivity contribution in [1.82, 2.24) is 10.2 Å². The van der Waals surface area contributed by atoms with Crippen molar-refractivity contribution in [3.63, 3.8) is 0 Å². The van der Waals surface area contributed by atoms with Crippen molar-refractivity contribution < 1.29 is 24.2 Å². The van der Waals surface area contributed by atoms with Crippen LogP contribution in [0.15, 0.2) is 24.3 Å². The summed E-state index contributed by atoms with van der Waals surface area (Å²) in [4.78, 5) is 34.3. The second-order valence-corrected chi connectivity index (χ2v) is 4.48. The number of carbonyl (C=O) groups is 3. The van der Waals surface area contributed by atoms with Crippen molar-refractivity contribution >= 4 is 17.8 Å². The summed E-state index contributed by atoms with van der Waals surface area (Å²) in [7, 11) is 1.54. The Balaban J connectivity index is 2.48. The fourth-order valence-corrected chi connectivity index (χ4v) is 1.47. The SMILES string of the molecule is CC(=O)N(C)CC(=O)NCc1cccc(OCC(=O)O)c1. The third kappa shape index (κ3) is 6.42. The zero-order valence-corrected chi connectivity index (χ0v) is 12.0. The lowest BCUT2D eigenvalue weighted by molar-refractivity contribution is -0.139. The number of ether oxygens (including phenoxy) is 1. The van der Waals surface area contributed by atoms with E-state index < -0.39 is 12.6 Å². The van der Waals surface area contributed by atoms with Crippen LogP contribution in [0.1, 0.15) is 12.5 Å². The molecule has 2 amide bonds. The number of aliphatic carboxylic acids is 1. The molecule has 0 saturated carbocycles. The maximum atomic E-state index is 11.6. The van der Waals surface area contributed by atoms with Gasteiger partial charge in [-0.1, -0.05) is 12.1 Å². The Labute approximate surface area is 122 Å². The monoisotopic (exact) mass is 294 g/mol. The number of nitrogens with zero attached hydrogens (tertiary/aromatic N) is 1. The van der Waals surface area contributed by atoms with Crippen LogP contribution < -0.4 is 10.1 Å². The molecule has 1 aromatic rings. The second kappa shape index (κ2) is 7.88. The molecule has 7 heteroatoms. The first-order chi connectivity index (χ1) is 9.88. The van der Waals surface area contributed by atoms with Gasteiger partial charge in [0.1, 0.15) is 5.75 Å². The molecule has 0 aromatic heterocycles. The summed E-state index contributed by atoms with van der Waals surface area (Å²) < 4.78 is 5.05. The highest BCUT2D eigenvalue weighted by Gasteiger charge is 2.08. The first kappa shape index (κ1) is 16.5. The minimum Gasteiger partial charge on any atom is -0.482 e. The van der Waals surface area contributed by atoms with E-state index in [0.29, 0.717) is 5.75 Å². The number of nitrogens with one attached hydrogen (secondary N) is 1. The Kier molecular flexibility index (Phi) is 6.19. The molecule has 0 radical (unpaired) electrons. The van der Waals surface area contributed by atoms with Crippen LogP contribution in [-0.4, -0.2) is 48.0 Å². The molecule has 21 heavy (non-hydrogen) atoms. The van der Waals surface area contributed by atoms with Crippen molar-refractivity contribution in [2.45, 2.75) is 13.5 Å². The summed E-state index contributed by atoms with van der Waals surface area (Å²) in [5.74, 6) is -1.09. The van der Waals surface area contributed by atoms with Gasteiger partial charge in [0.05, 0.1) is 6.54 Å². The van der Waals surface area contributed by atoms with Crippen LogP contribution in [0, 0.1) is 0 Å². The van der Waals surface area contributed by atoms with E-state index in [1.165, 1.54) is 11.8 Å². The number of rotatable bonds is 7. The maximum Gasteiger partial charge on any atom is 0.341 e. The fourth-order valence-electron chi connectivity index (χ4n) is 1.47. The van der Waals surface area contributed by atoms with Gasteiger partial charge in [0.15, 0.2) is 6.61 Å². The van der Waals surface area contributed by atoms with Crippen LogP contribution in [0.2, 0.25) is 0 Å². The predicted molar refractivity (Wildman–Crippen MR) is 74.7 cm³/mol. The van der Waals surface area contributed by atoms with Crippen LogP contribution in [0.4, 0.5) is 0 Å². The summed E-state index contributed by atoms with van der Waals surface area (Å²) >= 11 is 0. The smallest absolute Gasteiger partial charge is 0.341 e. The first-order valence-electron chi connectivity index (χ1n) is 6.30. The third-order valence-electron chi connectivity index (χ3n) is 2.67. The number of carboxylic acid groups (broad SMARTS) is 1. The highest BCUT2D eigenvalue weighted by molar-refractivity contribution is 5.83. The molecular weight excluding hydrogens is 276 g/mol. The largest absolute Gasteiger partial charge is 0.482 e. The molecule has 0 heterocycles. The van der Waals surface area contributed by atoms with Crippen LogP contribution in [0.5, 0.6) is 5.75 Å². The fraction of sp³-hybridized carbons (Fsp3) is 0.357. The van der Waals surface area contributed by atoms with Gasteiger partial charge >= 0.3 is 5.97 Å². The van der Waals surface area contributed by atoms with E-state index in [2.05, 4.69) is 5.32 Å². The molecule has 0 aliphatic rings. The molecular formula is C14H18N2O5. The average Bonchev–Trinajstić information content (AvgIpc) is 2.43. The van der Waals surface area contributed by atoms with Crippen LogP contribution in [0.3, 0.4) is 0 Å². The molecule has 0 unspecified atom stereocenters. The molecule has 7 nitrogen and oxygen atoms in total. The highest BCUT2D eigenvalue weighted by Crippen LogP contribution is 2.13. The number of carbonyl (C=O) groups excluding carboxylic acids is 2. The summed E-state index contributed by atoms with van der Waals surface area (Å²) in [5, 5.41) is 11.2. The van der Waals surface area contributed by atoms with Crippen molar-refractivity contribution in [3.8, 4) is 5.75 Å². The van der Waals surface area contributed by atoms with Gasteiger partial charge in [-0.2, -0.15) is 0 Å². The van der Waals surface area contributed by atoms with Gasteiger partial charge in [0.2, 0.25) is 11.8 Å². The van der Waals surface area contributed by atoms with Gasteiger partial charge in [-0.25, -0.2) is 4.79 Å². The van der Waals surface area contributed by atoms with Gasteiger partial charge in [-0.05, 0) is 17.7 Å². The van der Waals surface area contributed by atoms with Gasteiger partial charge < -0.3 is 20.1 Å². The van der Waals surface area contributed by atoms with Gasteiger partial charge in [0.25, 0.3) is 0 Å². The lowest BCUT2D eigenvalue weighted by atomic mass is 10.2. The molecule has 1 rings (SSSR count). The zero-order valence-electron chi connectivity index (χ0n) is 12.0. The molecule has 0 fully saturated rings. The van der Waals surface area contributed by atoms with E-state index in [-0.39, 0.29) is 24.9 Å². The number of amides is 2. The number of hydrogen-bond acceptors (Lipinski definition) is 4. The number of benzene rings is 1. The lowest BCUT2D eigenvalue weighted by Gasteiger charge is -2.14. The summed E-state index contributed by atoms with van der Waals surface area (Å²) in [6.07, 6.45) is 0. The highest BCUT2D eigenvalue weighted by atomic mass is 16.5. The molecule has 0 bridgehead atoms. The van der Waals surface area contributed by atoms with Crippen LogP contribution in [-0.2, 0) is 20.9 Å².